The van der Waals surface area contributed by atoms with Crippen molar-refractivity contribution in [3.8, 4) is 11.5 Å². The number of hydrogen-bond donors (Lipinski definition) is 2. The molecular formula is C19H27N3O6. The molecule has 0 aromatic heterocycles. The minimum absolute atomic E-state index is 0.0352. The lowest BCUT2D eigenvalue weighted by molar-refractivity contribution is -0.121. The summed E-state index contributed by atoms with van der Waals surface area (Å²) in [6.07, 6.45) is 0.963. The van der Waals surface area contributed by atoms with Crippen molar-refractivity contribution >= 4 is 17.9 Å². The summed E-state index contributed by atoms with van der Waals surface area (Å²) < 4.78 is 15.2. The lowest BCUT2D eigenvalue weighted by Crippen LogP contribution is -2.48. The van der Waals surface area contributed by atoms with Crippen molar-refractivity contribution in [2.75, 3.05) is 40.5 Å². The summed E-state index contributed by atoms with van der Waals surface area (Å²) in [5, 5.41) is 5.47. The average Bonchev–Trinajstić information content (AvgIpc) is 2.72. The first kappa shape index (κ1) is 21.3. The maximum Gasteiger partial charge on any atom is 0.409 e. The summed E-state index contributed by atoms with van der Waals surface area (Å²) >= 11 is 0. The number of carbonyl (C=O) groups excluding carboxylic acids is 3. The zero-order valence-corrected chi connectivity index (χ0v) is 16.4. The number of nitrogens with zero attached hydrogens (tertiary/aromatic N) is 1. The van der Waals surface area contributed by atoms with E-state index in [0.717, 1.165) is 0 Å². The van der Waals surface area contributed by atoms with Gasteiger partial charge in [0.15, 0.2) is 0 Å². The molecular weight excluding hydrogens is 366 g/mol. The monoisotopic (exact) mass is 393 g/mol. The number of hydrogen-bond acceptors (Lipinski definition) is 6. The molecule has 3 amide bonds. The third-order valence-corrected chi connectivity index (χ3v) is 4.41. The van der Waals surface area contributed by atoms with E-state index < -0.39 is 5.91 Å². The van der Waals surface area contributed by atoms with E-state index in [-0.39, 0.29) is 24.6 Å². The van der Waals surface area contributed by atoms with Crippen LogP contribution in [0.25, 0.3) is 0 Å². The normalized spacial score (nSPS) is 14.2. The van der Waals surface area contributed by atoms with Gasteiger partial charge in [-0.1, -0.05) is 0 Å². The predicted molar refractivity (Wildman–Crippen MR) is 102 cm³/mol. The van der Waals surface area contributed by atoms with Crippen LogP contribution in [0.2, 0.25) is 0 Å². The van der Waals surface area contributed by atoms with Crippen molar-refractivity contribution in [3.05, 3.63) is 23.8 Å². The fourth-order valence-corrected chi connectivity index (χ4v) is 2.90. The predicted octanol–water partition coefficient (Wildman–Crippen LogP) is 1.17. The van der Waals surface area contributed by atoms with Crippen LogP contribution in [0.4, 0.5) is 4.79 Å². The number of amides is 3. The zero-order valence-electron chi connectivity index (χ0n) is 16.4. The number of piperidine rings is 1. The summed E-state index contributed by atoms with van der Waals surface area (Å²) in [6, 6.07) is 4.76. The third kappa shape index (κ3) is 6.04. The first-order chi connectivity index (χ1) is 13.5. The van der Waals surface area contributed by atoms with Crippen LogP contribution >= 0.6 is 0 Å². The summed E-state index contributed by atoms with van der Waals surface area (Å²) in [5.41, 5.74) is 0.340. The van der Waals surface area contributed by atoms with Crippen LogP contribution in [0, 0.1) is 0 Å². The minimum atomic E-state index is -0.399. The molecule has 1 heterocycles. The average molecular weight is 393 g/mol. The second-order valence-corrected chi connectivity index (χ2v) is 6.31. The number of benzene rings is 1. The van der Waals surface area contributed by atoms with Crippen molar-refractivity contribution in [1.29, 1.82) is 0 Å². The van der Waals surface area contributed by atoms with Gasteiger partial charge in [0, 0.05) is 30.8 Å². The highest BCUT2D eigenvalue weighted by atomic mass is 16.6. The fourth-order valence-electron chi connectivity index (χ4n) is 2.90. The molecule has 1 saturated heterocycles. The Labute approximate surface area is 164 Å². The molecule has 1 aliphatic heterocycles. The van der Waals surface area contributed by atoms with Crippen LogP contribution in [-0.4, -0.2) is 69.3 Å². The zero-order chi connectivity index (χ0) is 20.5. The van der Waals surface area contributed by atoms with Crippen LogP contribution < -0.4 is 20.1 Å². The standard InChI is InChI=1S/C19H27N3O6/c1-4-28-19(25)22-7-5-14(6-8-22)21-17(23)12-20-18(24)13-9-15(26-2)11-16(10-13)27-3/h9-11,14H,4-8,12H2,1-3H3,(H,20,24)(H,21,23). The first-order valence-corrected chi connectivity index (χ1v) is 9.19. The molecule has 2 N–H and O–H groups in total. The second kappa shape index (κ2) is 10.4. The van der Waals surface area contributed by atoms with Gasteiger partial charge in [-0.15, -0.1) is 0 Å². The molecule has 28 heavy (non-hydrogen) atoms. The highest BCUT2D eigenvalue weighted by molar-refractivity contribution is 5.97. The van der Waals surface area contributed by atoms with Gasteiger partial charge in [0.25, 0.3) is 5.91 Å². The lowest BCUT2D eigenvalue weighted by Gasteiger charge is -2.31. The number of carbonyl (C=O) groups is 3. The van der Waals surface area contributed by atoms with Gasteiger partial charge < -0.3 is 29.7 Å². The van der Waals surface area contributed by atoms with Gasteiger partial charge >= 0.3 is 6.09 Å². The SMILES string of the molecule is CCOC(=O)N1CCC(NC(=O)CNC(=O)c2cc(OC)cc(OC)c2)CC1. The van der Waals surface area contributed by atoms with Gasteiger partial charge in [-0.3, -0.25) is 9.59 Å². The molecule has 0 radical (unpaired) electrons. The van der Waals surface area contributed by atoms with Crippen LogP contribution in [0.3, 0.4) is 0 Å². The van der Waals surface area contributed by atoms with Gasteiger partial charge in [-0.2, -0.15) is 0 Å². The maximum atomic E-state index is 12.3. The molecule has 2 rings (SSSR count). The van der Waals surface area contributed by atoms with Gasteiger partial charge in [0.2, 0.25) is 5.91 Å². The van der Waals surface area contributed by atoms with Crippen molar-refractivity contribution < 1.29 is 28.6 Å². The molecule has 0 unspecified atom stereocenters. The van der Waals surface area contributed by atoms with Crippen LogP contribution in [0.15, 0.2) is 18.2 Å². The Morgan fingerprint density at radius 2 is 1.68 bits per heavy atom. The number of methoxy groups -OCH3 is 2. The quantitative estimate of drug-likeness (QED) is 0.720. The maximum absolute atomic E-state index is 12.3. The highest BCUT2D eigenvalue weighted by Crippen LogP contribution is 2.22. The molecule has 1 aliphatic rings. The summed E-state index contributed by atoms with van der Waals surface area (Å²) in [4.78, 5) is 37.7. The van der Waals surface area contributed by atoms with Gasteiger partial charge in [-0.25, -0.2) is 4.79 Å². The molecule has 9 heteroatoms. The van der Waals surface area contributed by atoms with Crippen molar-refractivity contribution in [2.45, 2.75) is 25.8 Å². The number of ether oxygens (including phenoxy) is 3. The van der Waals surface area contributed by atoms with E-state index in [9.17, 15) is 14.4 Å². The van der Waals surface area contributed by atoms with Crippen LogP contribution in [0.5, 0.6) is 11.5 Å². The Bertz CT molecular complexity index is 679. The molecule has 0 aliphatic carbocycles. The number of likely N-dealkylation sites (tertiary alicyclic amines) is 1. The minimum Gasteiger partial charge on any atom is -0.497 e. The topological polar surface area (TPSA) is 106 Å². The Balaban J connectivity index is 1.78. The number of rotatable bonds is 7. The molecule has 1 aromatic carbocycles. The molecule has 0 saturated carbocycles. The molecule has 154 valence electrons. The molecule has 0 spiro atoms. The second-order valence-electron chi connectivity index (χ2n) is 6.31. The van der Waals surface area contributed by atoms with E-state index in [1.165, 1.54) is 14.2 Å². The third-order valence-electron chi connectivity index (χ3n) is 4.41. The number of nitrogens with one attached hydrogen (secondary N) is 2. The van der Waals surface area contributed by atoms with Crippen LogP contribution in [0.1, 0.15) is 30.1 Å². The largest absolute Gasteiger partial charge is 0.497 e. The highest BCUT2D eigenvalue weighted by Gasteiger charge is 2.24. The first-order valence-electron chi connectivity index (χ1n) is 9.19. The van der Waals surface area contributed by atoms with Gasteiger partial charge in [0.1, 0.15) is 11.5 Å². The van der Waals surface area contributed by atoms with Gasteiger partial charge in [-0.05, 0) is 31.9 Å². The molecule has 9 nitrogen and oxygen atoms in total. The summed E-state index contributed by atoms with van der Waals surface area (Å²) in [5.74, 6) is 0.298. The molecule has 0 atom stereocenters. The summed E-state index contributed by atoms with van der Waals surface area (Å²) in [7, 11) is 2.99. The molecule has 1 fully saturated rings. The lowest BCUT2D eigenvalue weighted by atomic mass is 10.1. The van der Waals surface area contributed by atoms with E-state index in [1.807, 2.05) is 0 Å². The van der Waals surface area contributed by atoms with Crippen molar-refractivity contribution in [2.24, 2.45) is 0 Å². The van der Waals surface area contributed by atoms with Gasteiger partial charge in [0.05, 0.1) is 27.4 Å². The van der Waals surface area contributed by atoms with Crippen molar-refractivity contribution in [3.63, 3.8) is 0 Å². The van der Waals surface area contributed by atoms with E-state index in [1.54, 1.807) is 30.0 Å². The molecule has 0 bridgehead atoms. The smallest absolute Gasteiger partial charge is 0.409 e. The van der Waals surface area contributed by atoms with Crippen LogP contribution in [-0.2, 0) is 9.53 Å². The van der Waals surface area contributed by atoms with E-state index >= 15 is 0 Å². The van der Waals surface area contributed by atoms with E-state index in [0.29, 0.717) is 49.6 Å². The fraction of sp³-hybridized carbons (Fsp3) is 0.526. The summed E-state index contributed by atoms with van der Waals surface area (Å²) in [6.45, 7) is 3.02. The Morgan fingerprint density at radius 1 is 1.07 bits per heavy atom. The molecule has 1 aromatic rings. The Morgan fingerprint density at radius 3 is 2.21 bits per heavy atom. The van der Waals surface area contributed by atoms with E-state index in [2.05, 4.69) is 10.6 Å². The van der Waals surface area contributed by atoms with Crippen molar-refractivity contribution in [1.82, 2.24) is 15.5 Å². The Hall–Kier alpha value is -2.97. The Kier molecular flexibility index (Phi) is 7.91. The van der Waals surface area contributed by atoms with E-state index in [4.69, 9.17) is 14.2 Å².